The van der Waals surface area contributed by atoms with Crippen LogP contribution in [0, 0.1) is 11.3 Å². The van der Waals surface area contributed by atoms with Crippen LogP contribution in [0.15, 0.2) is 24.3 Å². The number of carbonyl (C=O) groups excluding carboxylic acids is 3. The van der Waals surface area contributed by atoms with Gasteiger partial charge in [0.15, 0.2) is 0 Å². The van der Waals surface area contributed by atoms with Crippen molar-refractivity contribution in [2.24, 2.45) is 11.7 Å². The highest BCUT2D eigenvalue weighted by Gasteiger charge is 2.42. The number of hydrogen-bond donors (Lipinski definition) is 2. The lowest BCUT2D eigenvalue weighted by Crippen LogP contribution is -2.43. The summed E-state index contributed by atoms with van der Waals surface area (Å²) in [6.07, 6.45) is 10.3. The van der Waals surface area contributed by atoms with Crippen molar-refractivity contribution in [2.45, 2.75) is 82.8 Å². The summed E-state index contributed by atoms with van der Waals surface area (Å²) in [4.78, 5) is 40.8. The van der Waals surface area contributed by atoms with Gasteiger partial charge in [0.2, 0.25) is 0 Å². The van der Waals surface area contributed by atoms with Gasteiger partial charge >= 0.3 is 12.0 Å². The van der Waals surface area contributed by atoms with E-state index in [9.17, 15) is 14.4 Å². The van der Waals surface area contributed by atoms with Crippen molar-refractivity contribution in [1.82, 2.24) is 4.90 Å². The Labute approximate surface area is 194 Å². The molecule has 0 unspecified atom stereocenters. The van der Waals surface area contributed by atoms with Gasteiger partial charge in [0.1, 0.15) is 18.5 Å². The maximum atomic E-state index is 13.0. The average molecular weight is 455 g/mol. The van der Waals surface area contributed by atoms with Gasteiger partial charge in [-0.15, -0.1) is 0 Å². The molecule has 0 bridgehead atoms. The molecule has 0 aromatic heterocycles. The molecule has 2 aliphatic carbocycles. The van der Waals surface area contributed by atoms with Crippen molar-refractivity contribution in [2.75, 3.05) is 11.4 Å². The molecule has 3 amide bonds. The Balaban J connectivity index is 1.25. The van der Waals surface area contributed by atoms with Crippen LogP contribution in [0.1, 0.15) is 76.2 Å². The molecule has 8 nitrogen and oxygen atoms in total. The summed E-state index contributed by atoms with van der Waals surface area (Å²) in [5, 5.41) is 7.49. The van der Waals surface area contributed by atoms with E-state index in [-0.39, 0.29) is 42.4 Å². The molecule has 178 valence electrons. The molecule has 2 saturated carbocycles. The molecule has 0 atom stereocenters. The monoisotopic (exact) mass is 454 g/mol. The van der Waals surface area contributed by atoms with Gasteiger partial charge in [0.05, 0.1) is 0 Å². The fourth-order valence-electron chi connectivity index (χ4n) is 5.34. The van der Waals surface area contributed by atoms with E-state index < -0.39 is 0 Å². The molecule has 3 N–H and O–H groups in total. The molecule has 0 radical (unpaired) electrons. The normalized spacial score (nSPS) is 24.2. The minimum absolute atomic E-state index is 0.0329. The minimum atomic E-state index is -0.282. The molecule has 1 aromatic carbocycles. The van der Waals surface area contributed by atoms with Gasteiger partial charge in [-0.1, -0.05) is 6.42 Å². The first kappa shape index (κ1) is 23.3. The van der Waals surface area contributed by atoms with Gasteiger partial charge < -0.3 is 10.5 Å². The second-order valence-corrected chi connectivity index (χ2v) is 9.56. The van der Waals surface area contributed by atoms with Crippen LogP contribution in [0.5, 0.6) is 0 Å². The zero-order chi connectivity index (χ0) is 23.4. The molecule has 1 saturated heterocycles. The number of nitrogen functional groups attached to an aromatic ring is 1. The van der Waals surface area contributed by atoms with E-state index in [1.165, 1.54) is 16.2 Å². The summed E-state index contributed by atoms with van der Waals surface area (Å²) in [7, 11) is 0. The number of ether oxygens (including phenoxy) is 1. The van der Waals surface area contributed by atoms with Crippen molar-refractivity contribution < 1.29 is 19.1 Å². The van der Waals surface area contributed by atoms with Crippen LogP contribution < -0.4 is 10.6 Å². The van der Waals surface area contributed by atoms with E-state index in [1.54, 1.807) is 24.3 Å². The maximum absolute atomic E-state index is 13.0. The van der Waals surface area contributed by atoms with Crippen LogP contribution in [-0.4, -0.2) is 47.3 Å². The quantitative estimate of drug-likeness (QED) is 0.280. The number of rotatable bonds is 7. The second kappa shape index (κ2) is 10.4. The Hall–Kier alpha value is -2.90. The lowest BCUT2D eigenvalue weighted by Gasteiger charge is -2.33. The van der Waals surface area contributed by atoms with E-state index in [0.29, 0.717) is 23.6 Å². The zero-order valence-corrected chi connectivity index (χ0v) is 19.1. The number of hydrogen-bond acceptors (Lipinski definition) is 5. The summed E-state index contributed by atoms with van der Waals surface area (Å²) < 4.78 is 5.63. The van der Waals surface area contributed by atoms with Crippen LogP contribution >= 0.6 is 0 Å². The Morgan fingerprint density at radius 2 is 1.67 bits per heavy atom. The number of amides is 3. The molecule has 1 heterocycles. The minimum Gasteiger partial charge on any atom is -0.462 e. The van der Waals surface area contributed by atoms with Crippen molar-refractivity contribution in [3.8, 4) is 0 Å². The van der Waals surface area contributed by atoms with E-state index in [1.807, 2.05) is 0 Å². The Morgan fingerprint density at radius 1 is 1.00 bits per heavy atom. The highest BCUT2D eigenvalue weighted by molar-refractivity contribution is 6.12. The van der Waals surface area contributed by atoms with Crippen LogP contribution in [0.4, 0.5) is 10.5 Å². The highest BCUT2D eigenvalue weighted by Crippen LogP contribution is 2.34. The highest BCUT2D eigenvalue weighted by atomic mass is 16.5. The molecule has 3 fully saturated rings. The number of amidine groups is 1. The van der Waals surface area contributed by atoms with Gasteiger partial charge in [0, 0.05) is 23.7 Å². The van der Waals surface area contributed by atoms with Gasteiger partial charge in [-0.3, -0.25) is 24.8 Å². The van der Waals surface area contributed by atoms with Crippen LogP contribution in [0.3, 0.4) is 0 Å². The molecule has 8 heteroatoms. The summed E-state index contributed by atoms with van der Waals surface area (Å²) in [5.74, 6) is 0.143. The molecule has 1 aliphatic heterocycles. The van der Waals surface area contributed by atoms with Gasteiger partial charge in [-0.25, -0.2) is 4.79 Å². The Kier molecular flexibility index (Phi) is 7.30. The maximum Gasteiger partial charge on any atom is 0.331 e. The first-order valence-electron chi connectivity index (χ1n) is 12.2. The number of carbonyl (C=O) groups is 3. The Bertz CT molecular complexity index is 886. The van der Waals surface area contributed by atoms with Crippen LogP contribution in [-0.2, 0) is 14.3 Å². The number of nitrogens with two attached hydrogens (primary N) is 1. The zero-order valence-electron chi connectivity index (χ0n) is 19.1. The fourth-order valence-corrected chi connectivity index (χ4v) is 5.34. The predicted octanol–water partition coefficient (Wildman–Crippen LogP) is 3.95. The van der Waals surface area contributed by atoms with Crippen molar-refractivity contribution in [3.05, 3.63) is 29.8 Å². The number of anilines is 1. The van der Waals surface area contributed by atoms with E-state index in [4.69, 9.17) is 15.9 Å². The number of nitrogens with zero attached hydrogens (tertiary/aromatic N) is 2. The predicted molar refractivity (Wildman–Crippen MR) is 125 cm³/mol. The first-order chi connectivity index (χ1) is 15.9. The Morgan fingerprint density at radius 3 is 2.30 bits per heavy atom. The number of benzene rings is 1. The molecular weight excluding hydrogens is 420 g/mol. The average Bonchev–Trinajstić information content (AvgIpc) is 3.12. The van der Waals surface area contributed by atoms with Crippen LogP contribution in [0.2, 0.25) is 0 Å². The summed E-state index contributed by atoms with van der Waals surface area (Å²) in [6.45, 7) is 0.0329. The summed E-state index contributed by atoms with van der Waals surface area (Å²) in [6, 6.07) is 6.43. The third kappa shape index (κ3) is 5.54. The third-order valence-electron chi connectivity index (χ3n) is 7.28. The molecule has 0 spiro atoms. The molecule has 3 aliphatic rings. The fraction of sp³-hybridized carbons (Fsp3) is 0.600. The first-order valence-corrected chi connectivity index (χ1v) is 12.2. The van der Waals surface area contributed by atoms with Gasteiger partial charge in [0.25, 0.3) is 5.91 Å². The van der Waals surface area contributed by atoms with Crippen LogP contribution in [0.25, 0.3) is 0 Å². The topological polar surface area (TPSA) is 117 Å². The van der Waals surface area contributed by atoms with E-state index >= 15 is 0 Å². The lowest BCUT2D eigenvalue weighted by atomic mass is 9.83. The summed E-state index contributed by atoms with van der Waals surface area (Å²) in [5.41, 5.74) is 6.70. The number of nitrogens with one attached hydrogen (secondary N) is 1. The molecule has 33 heavy (non-hydrogen) atoms. The van der Waals surface area contributed by atoms with Gasteiger partial charge in [-0.2, -0.15) is 0 Å². The van der Waals surface area contributed by atoms with Crippen molar-refractivity contribution >= 4 is 29.4 Å². The number of esters is 1. The largest absolute Gasteiger partial charge is 0.462 e. The van der Waals surface area contributed by atoms with E-state index in [2.05, 4.69) is 0 Å². The smallest absolute Gasteiger partial charge is 0.331 e. The van der Waals surface area contributed by atoms with Gasteiger partial charge in [-0.05, 0) is 88.0 Å². The molecular formula is C25H34N4O4. The number of imide groups is 1. The SMILES string of the molecule is N=C(N)c1ccc(N2CC(=O)N(C3CCC(CCC(=O)OC4CCCCC4)CC3)C2=O)cc1. The molecule has 4 rings (SSSR count). The third-order valence-corrected chi connectivity index (χ3v) is 7.28. The second-order valence-electron chi connectivity index (χ2n) is 9.56. The number of urea groups is 1. The van der Waals surface area contributed by atoms with Crippen molar-refractivity contribution in [1.29, 1.82) is 5.41 Å². The lowest BCUT2D eigenvalue weighted by molar-refractivity contribution is -0.150. The van der Waals surface area contributed by atoms with Crippen molar-refractivity contribution in [3.63, 3.8) is 0 Å². The molecule has 1 aromatic rings. The van der Waals surface area contributed by atoms with E-state index in [0.717, 1.165) is 57.8 Å². The summed E-state index contributed by atoms with van der Waals surface area (Å²) >= 11 is 0. The standard InChI is InChI=1S/C25H34N4O4/c26-24(27)18-9-13-19(14-10-18)28-16-22(30)29(25(28)32)20-11-6-17(7-12-20)8-15-23(31)33-21-4-2-1-3-5-21/h9-10,13-14,17,20-21H,1-8,11-12,15-16H2,(H3,26,27).